The van der Waals surface area contributed by atoms with Gasteiger partial charge in [-0.2, -0.15) is 5.26 Å². The van der Waals surface area contributed by atoms with E-state index in [1.54, 1.807) is 25.1 Å². The maximum atomic E-state index is 11.5. The second-order valence-corrected chi connectivity index (χ2v) is 3.42. The lowest BCUT2D eigenvalue weighted by atomic mass is 10.0. The zero-order valence-corrected chi connectivity index (χ0v) is 9.60. The molecular formula is C13H13NO3. The molecule has 0 bridgehead atoms. The van der Waals surface area contributed by atoms with Gasteiger partial charge in [0, 0.05) is 6.42 Å². The van der Waals surface area contributed by atoms with Gasteiger partial charge in [0.25, 0.3) is 0 Å². The lowest BCUT2D eigenvalue weighted by Crippen LogP contribution is -2.07. The van der Waals surface area contributed by atoms with E-state index in [0.29, 0.717) is 12.8 Å². The molecule has 0 saturated heterocycles. The van der Waals surface area contributed by atoms with Gasteiger partial charge >= 0.3 is 5.97 Å². The van der Waals surface area contributed by atoms with E-state index in [4.69, 9.17) is 10.00 Å². The summed E-state index contributed by atoms with van der Waals surface area (Å²) in [4.78, 5) is 21.8. The summed E-state index contributed by atoms with van der Waals surface area (Å²) in [6.45, 7) is 1.99. The molecule has 1 rings (SSSR count). The quantitative estimate of drug-likeness (QED) is 0.573. The Hall–Kier alpha value is -2.15. The average molecular weight is 231 g/mol. The zero-order chi connectivity index (χ0) is 12.7. The molecule has 88 valence electrons. The Morgan fingerprint density at radius 3 is 2.88 bits per heavy atom. The number of aldehydes is 1. The van der Waals surface area contributed by atoms with Gasteiger partial charge in [0.05, 0.1) is 17.7 Å². The minimum absolute atomic E-state index is 0.268. The number of hydrogen-bond donors (Lipinski definition) is 0. The van der Waals surface area contributed by atoms with Gasteiger partial charge in [-0.25, -0.2) is 4.79 Å². The smallest absolute Gasteiger partial charge is 0.339 e. The second kappa shape index (κ2) is 6.44. The van der Waals surface area contributed by atoms with Gasteiger partial charge in [-0.3, -0.25) is 0 Å². The Morgan fingerprint density at radius 2 is 2.29 bits per heavy atom. The first-order chi connectivity index (χ1) is 8.22. The van der Waals surface area contributed by atoms with Gasteiger partial charge in [0.2, 0.25) is 0 Å². The average Bonchev–Trinajstić information content (AvgIpc) is 2.36. The second-order valence-electron chi connectivity index (χ2n) is 3.42. The number of ether oxygens (including phenoxy) is 1. The first-order valence-corrected chi connectivity index (χ1v) is 5.36. The highest BCUT2D eigenvalue weighted by Crippen LogP contribution is 2.13. The molecule has 0 spiro atoms. The van der Waals surface area contributed by atoms with Crippen LogP contribution in [-0.4, -0.2) is 18.9 Å². The zero-order valence-electron chi connectivity index (χ0n) is 9.60. The molecule has 0 heterocycles. The highest BCUT2D eigenvalue weighted by Gasteiger charge is 2.12. The lowest BCUT2D eigenvalue weighted by Gasteiger charge is -2.05. The third-order valence-corrected chi connectivity index (χ3v) is 2.25. The van der Waals surface area contributed by atoms with E-state index in [9.17, 15) is 9.59 Å². The van der Waals surface area contributed by atoms with E-state index >= 15 is 0 Å². The molecule has 0 fully saturated rings. The van der Waals surface area contributed by atoms with Crippen LogP contribution in [0, 0.1) is 11.3 Å². The Labute approximate surface area is 99.8 Å². The van der Waals surface area contributed by atoms with Crippen molar-refractivity contribution < 1.29 is 14.3 Å². The van der Waals surface area contributed by atoms with Crippen molar-refractivity contribution in [1.82, 2.24) is 0 Å². The number of esters is 1. The van der Waals surface area contributed by atoms with Crippen molar-refractivity contribution >= 4 is 12.3 Å². The van der Waals surface area contributed by atoms with Crippen LogP contribution in [0.15, 0.2) is 18.2 Å². The van der Waals surface area contributed by atoms with Gasteiger partial charge in [0.15, 0.2) is 0 Å². The van der Waals surface area contributed by atoms with Crippen molar-refractivity contribution in [1.29, 1.82) is 5.26 Å². The number of nitrogens with zero attached hydrogens (tertiary/aromatic N) is 1. The minimum atomic E-state index is -0.494. The predicted octanol–water partition coefficient (Wildman–Crippen LogP) is 1.87. The molecular weight excluding hydrogens is 218 g/mol. The molecule has 0 radical (unpaired) electrons. The monoisotopic (exact) mass is 231 g/mol. The molecule has 0 saturated carbocycles. The molecule has 1 aromatic carbocycles. The Bertz CT molecular complexity index is 460. The van der Waals surface area contributed by atoms with E-state index in [1.165, 1.54) is 0 Å². The van der Waals surface area contributed by atoms with Crippen molar-refractivity contribution in [3.63, 3.8) is 0 Å². The Balaban J connectivity index is 2.97. The number of hydrogen-bond acceptors (Lipinski definition) is 4. The number of benzene rings is 1. The van der Waals surface area contributed by atoms with Gasteiger partial charge in [-0.05, 0) is 31.0 Å². The predicted molar refractivity (Wildman–Crippen MR) is 61.5 cm³/mol. The maximum absolute atomic E-state index is 11.5. The van der Waals surface area contributed by atoms with Gasteiger partial charge in [-0.15, -0.1) is 0 Å². The van der Waals surface area contributed by atoms with Crippen molar-refractivity contribution in [2.75, 3.05) is 6.61 Å². The van der Waals surface area contributed by atoms with Crippen LogP contribution >= 0.6 is 0 Å². The first-order valence-electron chi connectivity index (χ1n) is 5.36. The highest BCUT2D eigenvalue weighted by atomic mass is 16.5. The van der Waals surface area contributed by atoms with Crippen molar-refractivity contribution in [3.05, 3.63) is 34.9 Å². The summed E-state index contributed by atoms with van der Waals surface area (Å²) in [7, 11) is 0. The molecule has 17 heavy (non-hydrogen) atoms. The first kappa shape index (κ1) is 12.9. The van der Waals surface area contributed by atoms with E-state index in [1.807, 2.05) is 6.07 Å². The topological polar surface area (TPSA) is 67.2 Å². The van der Waals surface area contributed by atoms with E-state index in [0.717, 1.165) is 11.8 Å². The highest BCUT2D eigenvalue weighted by molar-refractivity contribution is 5.92. The molecule has 4 heteroatoms. The summed E-state index contributed by atoms with van der Waals surface area (Å²) in [6.07, 6.45) is 1.80. The van der Waals surface area contributed by atoms with Crippen LogP contribution in [0.4, 0.5) is 0 Å². The van der Waals surface area contributed by atoms with E-state index in [2.05, 4.69) is 0 Å². The van der Waals surface area contributed by atoms with E-state index in [-0.39, 0.29) is 17.7 Å². The molecule has 0 N–H and O–H groups in total. The minimum Gasteiger partial charge on any atom is -0.462 e. The maximum Gasteiger partial charge on any atom is 0.339 e. The summed E-state index contributed by atoms with van der Waals surface area (Å²) in [5.74, 6) is -0.494. The third kappa shape index (κ3) is 3.42. The summed E-state index contributed by atoms with van der Waals surface area (Å²) in [5.41, 5.74) is 1.41. The summed E-state index contributed by atoms with van der Waals surface area (Å²) < 4.78 is 4.85. The van der Waals surface area contributed by atoms with Crippen LogP contribution in [-0.2, 0) is 16.0 Å². The summed E-state index contributed by atoms with van der Waals surface area (Å²) >= 11 is 0. The van der Waals surface area contributed by atoms with Crippen LogP contribution in [0.25, 0.3) is 0 Å². The molecule has 0 aliphatic rings. The Morgan fingerprint density at radius 1 is 1.53 bits per heavy atom. The van der Waals surface area contributed by atoms with Crippen LogP contribution in [0.3, 0.4) is 0 Å². The molecule has 0 atom stereocenters. The molecule has 4 nitrogen and oxygen atoms in total. The molecule has 0 aliphatic carbocycles. The molecule has 0 aliphatic heterocycles. The summed E-state index contributed by atoms with van der Waals surface area (Å²) in [6, 6.07) is 6.88. The van der Waals surface area contributed by atoms with Crippen LogP contribution in [0.2, 0.25) is 0 Å². The number of rotatable bonds is 5. The third-order valence-electron chi connectivity index (χ3n) is 2.25. The molecule has 0 amide bonds. The van der Waals surface area contributed by atoms with Gasteiger partial charge in [0.1, 0.15) is 12.4 Å². The van der Waals surface area contributed by atoms with Gasteiger partial charge in [-0.1, -0.05) is 6.07 Å². The normalized spacial score (nSPS) is 9.41. The van der Waals surface area contributed by atoms with Crippen molar-refractivity contribution in [3.8, 4) is 6.07 Å². The molecule has 0 aromatic heterocycles. The summed E-state index contributed by atoms with van der Waals surface area (Å²) in [5, 5.41) is 8.96. The lowest BCUT2D eigenvalue weighted by molar-refractivity contribution is -0.107. The standard InChI is InChI=1S/C13H13NO3/c1-2-17-13(16)12-6-5-10(4-3-7-15)8-11(12)9-14/h5-8H,2-4H2,1H3. The van der Waals surface area contributed by atoms with Crippen LogP contribution < -0.4 is 0 Å². The number of carbonyl (C=O) groups excluding carboxylic acids is 2. The fourth-order valence-corrected chi connectivity index (χ4v) is 1.45. The number of aryl methyl sites for hydroxylation is 1. The molecule has 1 aromatic rings. The SMILES string of the molecule is CCOC(=O)c1ccc(CCC=O)cc1C#N. The Kier molecular flexibility index (Phi) is 4.89. The fraction of sp³-hybridized carbons (Fsp3) is 0.308. The van der Waals surface area contributed by atoms with Crippen molar-refractivity contribution in [2.24, 2.45) is 0 Å². The number of carbonyl (C=O) groups is 2. The van der Waals surface area contributed by atoms with E-state index < -0.39 is 5.97 Å². The van der Waals surface area contributed by atoms with Crippen molar-refractivity contribution in [2.45, 2.75) is 19.8 Å². The largest absolute Gasteiger partial charge is 0.462 e. The number of nitriles is 1. The van der Waals surface area contributed by atoms with Gasteiger partial charge < -0.3 is 9.53 Å². The fourth-order valence-electron chi connectivity index (χ4n) is 1.45. The van der Waals surface area contributed by atoms with Crippen LogP contribution in [0.5, 0.6) is 0 Å². The van der Waals surface area contributed by atoms with Crippen LogP contribution in [0.1, 0.15) is 34.8 Å². The molecule has 0 unspecified atom stereocenters.